The normalized spacial score (nSPS) is 15.9. The Kier molecular flexibility index (Phi) is 10.9. The molecule has 0 radical (unpaired) electrons. The number of halogens is 24. The van der Waals surface area contributed by atoms with Crippen molar-refractivity contribution in [1.29, 1.82) is 0 Å². The summed E-state index contributed by atoms with van der Waals surface area (Å²) in [5, 5.41) is 0. The van der Waals surface area contributed by atoms with Crippen molar-refractivity contribution in [3.05, 3.63) is 0 Å². The highest BCUT2D eigenvalue weighted by molar-refractivity contribution is 6.36. The maximum absolute atomic E-state index is 13.3. The lowest BCUT2D eigenvalue weighted by Gasteiger charge is -2.41. The molecule has 0 atom stereocenters. The van der Waals surface area contributed by atoms with E-state index in [2.05, 4.69) is 14.0 Å². The van der Waals surface area contributed by atoms with Gasteiger partial charge in [-0.15, -0.1) is 0 Å². The predicted molar refractivity (Wildman–Crippen MR) is 72.6 cm³/mol. The third-order valence-corrected chi connectivity index (χ3v) is 3.57. The van der Waals surface area contributed by atoms with E-state index in [0.717, 1.165) is 0 Å². The monoisotopic (exact) mass is 678 g/mol. The molecule has 0 saturated heterocycles. The molecule has 0 rings (SSSR count). The van der Waals surface area contributed by atoms with Crippen LogP contribution in [0.3, 0.4) is 0 Å². The van der Waals surface area contributed by atoms with Crippen LogP contribution in [0.25, 0.3) is 0 Å². The van der Waals surface area contributed by atoms with E-state index in [-0.39, 0.29) is 0 Å². The Morgan fingerprint density at radius 3 is 0.732 bits per heavy atom. The summed E-state index contributed by atoms with van der Waals surface area (Å²) in [7, 11) is -6.00. The van der Waals surface area contributed by atoms with Gasteiger partial charge >= 0.3 is 62.5 Å². The van der Waals surface area contributed by atoms with E-state index < -0.39 is 80.8 Å². The van der Waals surface area contributed by atoms with Gasteiger partial charge in [-0.25, -0.2) is 0 Å². The van der Waals surface area contributed by atoms with Crippen LogP contribution in [-0.2, 0) is 18.7 Å². The summed E-state index contributed by atoms with van der Waals surface area (Å²) in [6.45, 7) is 0. The maximum Gasteiger partial charge on any atom is 0.643 e. The van der Waals surface area contributed by atoms with Gasteiger partial charge in [0.05, 0.1) is 0 Å². The second-order valence-electron chi connectivity index (χ2n) is 6.80. The predicted octanol–water partition coefficient (Wildman–Crippen LogP) is 7.34. The molecule has 246 valence electrons. The lowest BCUT2D eigenvalue weighted by Crippen LogP contribution is -2.68. The molecule has 0 heterocycles. The smallest absolute Gasteiger partial charge is 0.366 e. The van der Waals surface area contributed by atoms with Crippen LogP contribution in [0, 0.1) is 0 Å². The molecular weight excluding hydrogens is 675 g/mol. The minimum Gasteiger partial charge on any atom is -0.366 e. The number of hydrogen-bond acceptors (Lipinski definition) is 4. The van der Waals surface area contributed by atoms with Gasteiger partial charge in [-0.2, -0.15) is 105 Å². The minimum absolute atomic E-state index is 1.82. The molecular formula is C12H3BF24O4. The molecule has 0 aromatic carbocycles. The Morgan fingerprint density at radius 2 is 0.561 bits per heavy atom. The molecule has 0 bridgehead atoms. The highest BCUT2D eigenvalue weighted by Gasteiger charge is 2.80. The van der Waals surface area contributed by atoms with E-state index in [1.807, 2.05) is 4.74 Å². The van der Waals surface area contributed by atoms with Gasteiger partial charge in [-0.1, -0.05) is 0 Å². The molecule has 0 aromatic rings. The van der Waals surface area contributed by atoms with Gasteiger partial charge in [0.25, 0.3) is 6.10 Å². The summed E-state index contributed by atoms with van der Waals surface area (Å²) in [6.07, 6.45) is -78.8. The first kappa shape index (κ1) is 39.2. The van der Waals surface area contributed by atoms with Crippen molar-refractivity contribution in [3.8, 4) is 0 Å². The highest BCUT2D eigenvalue weighted by atomic mass is 19.4. The second-order valence-corrected chi connectivity index (χ2v) is 6.80. The van der Waals surface area contributed by atoms with Crippen molar-refractivity contribution in [2.45, 2.75) is 73.5 Å². The maximum atomic E-state index is 13.3. The number of hydrogen-bond donors (Lipinski definition) is 0. The van der Waals surface area contributed by atoms with Crippen LogP contribution in [0.1, 0.15) is 0 Å². The van der Waals surface area contributed by atoms with E-state index in [9.17, 15) is 105 Å². The molecule has 0 aliphatic carbocycles. The van der Waals surface area contributed by atoms with Crippen LogP contribution >= 0.6 is 0 Å². The quantitative estimate of drug-likeness (QED) is 0.153. The van der Waals surface area contributed by atoms with Crippen molar-refractivity contribution in [1.82, 2.24) is 0 Å². The molecule has 0 amide bonds. The van der Waals surface area contributed by atoms with E-state index in [4.69, 9.17) is 0 Å². The van der Waals surface area contributed by atoms with Gasteiger partial charge in [0.2, 0.25) is 12.2 Å². The standard InChI is InChI=1S/C12H3BF24O4/c14-4(15,16)1(5(17,18)19)38-10(11(32,33)34,12(35,36)37)41-13(39-2(6(20,21)22)7(23,24)25)40-3(8(26,27)28)9(29,30)31/h1-3H. The molecule has 4 nitrogen and oxygen atoms in total. The Bertz CT molecular complexity index is 749. The Balaban J connectivity index is 7.54. The third-order valence-electron chi connectivity index (χ3n) is 3.57. The lowest BCUT2D eigenvalue weighted by molar-refractivity contribution is -0.491. The second kappa shape index (κ2) is 11.4. The first-order chi connectivity index (χ1) is 17.4. The fourth-order valence-electron chi connectivity index (χ4n) is 2.07. The summed E-state index contributed by atoms with van der Waals surface area (Å²) in [5.74, 6) is -7.95. The fraction of sp³-hybridized carbons (Fsp3) is 1.00. The summed E-state index contributed by atoms with van der Waals surface area (Å²) >= 11 is 0. The first-order valence-electron chi connectivity index (χ1n) is 8.59. The number of rotatable bonds is 8. The Morgan fingerprint density at radius 1 is 0.341 bits per heavy atom. The van der Waals surface area contributed by atoms with Gasteiger partial charge in [-0.05, 0) is 0 Å². The Labute approximate surface area is 206 Å². The van der Waals surface area contributed by atoms with Crippen LogP contribution in [-0.4, -0.2) is 80.8 Å². The zero-order chi connectivity index (χ0) is 33.6. The molecule has 0 spiro atoms. The number of alkyl halides is 24. The van der Waals surface area contributed by atoms with Crippen LogP contribution < -0.4 is 0 Å². The molecule has 0 unspecified atom stereocenters. The topological polar surface area (TPSA) is 36.9 Å². The average molecular weight is 678 g/mol. The van der Waals surface area contributed by atoms with Gasteiger partial charge in [0.1, 0.15) is 0 Å². The van der Waals surface area contributed by atoms with Crippen LogP contribution in [0.2, 0.25) is 0 Å². The molecule has 29 heteroatoms. The van der Waals surface area contributed by atoms with Crippen LogP contribution in [0.15, 0.2) is 0 Å². The molecule has 0 aliphatic rings. The molecule has 0 aromatic heterocycles. The van der Waals surface area contributed by atoms with Crippen molar-refractivity contribution in [2.75, 3.05) is 0 Å². The van der Waals surface area contributed by atoms with Crippen LogP contribution in [0.5, 0.6) is 0 Å². The molecule has 0 saturated carbocycles. The highest BCUT2D eigenvalue weighted by Crippen LogP contribution is 2.52. The molecule has 0 aliphatic heterocycles. The minimum atomic E-state index is -8.16. The van der Waals surface area contributed by atoms with E-state index in [1.165, 1.54) is 0 Å². The summed E-state index contributed by atoms with van der Waals surface area (Å²) in [4.78, 5) is 0. The molecule has 0 N–H and O–H groups in total. The van der Waals surface area contributed by atoms with E-state index in [0.29, 0.717) is 0 Å². The third kappa shape index (κ3) is 10.2. The largest absolute Gasteiger partial charge is 0.643 e. The average Bonchev–Trinajstić information content (AvgIpc) is 2.58. The molecule has 0 fully saturated rings. The van der Waals surface area contributed by atoms with E-state index in [1.54, 1.807) is 0 Å². The zero-order valence-corrected chi connectivity index (χ0v) is 17.5. The van der Waals surface area contributed by atoms with Gasteiger partial charge in [0, 0.05) is 0 Å². The van der Waals surface area contributed by atoms with Crippen molar-refractivity contribution >= 4 is 7.32 Å². The fourth-order valence-corrected chi connectivity index (χ4v) is 2.07. The van der Waals surface area contributed by atoms with E-state index >= 15 is 0 Å². The van der Waals surface area contributed by atoms with Gasteiger partial charge in [0.15, 0.2) is 0 Å². The molecule has 41 heavy (non-hydrogen) atoms. The lowest BCUT2D eigenvalue weighted by atomic mass is 10.1. The van der Waals surface area contributed by atoms with Crippen molar-refractivity contribution in [3.63, 3.8) is 0 Å². The van der Waals surface area contributed by atoms with Gasteiger partial charge < -0.3 is 18.7 Å². The summed E-state index contributed by atoms with van der Waals surface area (Å²) < 4.78 is 315. The summed E-state index contributed by atoms with van der Waals surface area (Å²) in [6, 6.07) is 0. The zero-order valence-electron chi connectivity index (χ0n) is 17.5. The first-order valence-corrected chi connectivity index (χ1v) is 8.59. The van der Waals surface area contributed by atoms with Crippen LogP contribution in [0.4, 0.5) is 105 Å². The van der Waals surface area contributed by atoms with Gasteiger partial charge in [-0.3, -0.25) is 0 Å². The van der Waals surface area contributed by atoms with Crippen molar-refractivity contribution < 1.29 is 124 Å². The SMILES string of the molecule is FC(F)(F)C(OB(OC(C(F)(F)F)C(F)(F)F)OC(OC(C(F)(F)F)C(F)(F)F)(C(F)(F)F)C(F)(F)F)C(F)(F)F. The summed E-state index contributed by atoms with van der Waals surface area (Å²) in [5.41, 5.74) is 0. The van der Waals surface area contributed by atoms with Crippen molar-refractivity contribution in [2.24, 2.45) is 0 Å². The Hall–Kier alpha value is -1.78. The number of ether oxygens (including phenoxy) is 1.